The Morgan fingerprint density at radius 2 is 0.911 bits per heavy atom. The molecule has 0 spiro atoms. The Labute approximate surface area is 321 Å². The zero-order valence-corrected chi connectivity index (χ0v) is 31.6. The summed E-state index contributed by atoms with van der Waals surface area (Å²) in [6, 6.07) is 39.1. The highest BCUT2D eigenvalue weighted by molar-refractivity contribution is 7.00. The summed E-state index contributed by atoms with van der Waals surface area (Å²) in [5.74, 6) is 1.90. The quantitative estimate of drug-likeness (QED) is 0.167. The lowest BCUT2D eigenvalue weighted by molar-refractivity contribution is 0.669. The van der Waals surface area contributed by atoms with E-state index in [1.165, 1.54) is 44.2 Å². The van der Waals surface area contributed by atoms with Gasteiger partial charge in [-0.15, -0.1) is 0 Å². The fraction of sp³-hybridized carbons (Fsp3) is 0.102. The van der Waals surface area contributed by atoms with Gasteiger partial charge in [0, 0.05) is 33.3 Å². The number of benzene rings is 7. The number of para-hydroxylation sites is 2. The second kappa shape index (κ2) is 10.3. The van der Waals surface area contributed by atoms with E-state index in [0.717, 1.165) is 100 Å². The molecule has 7 heteroatoms. The second-order valence-electron chi connectivity index (χ2n) is 16.0. The molecule has 0 unspecified atom stereocenters. The van der Waals surface area contributed by atoms with Gasteiger partial charge in [0.15, 0.2) is 0 Å². The molecule has 0 fully saturated rings. The molecule has 0 N–H and O–H groups in total. The molecule has 4 aromatic heterocycles. The summed E-state index contributed by atoms with van der Waals surface area (Å²) >= 11 is 0. The highest BCUT2D eigenvalue weighted by atomic mass is 16.3. The molecule has 6 heterocycles. The van der Waals surface area contributed by atoms with Crippen molar-refractivity contribution >= 4 is 89.0 Å². The van der Waals surface area contributed by atoms with Crippen LogP contribution in [0.15, 0.2) is 118 Å². The largest absolute Gasteiger partial charge is 0.456 e. The smallest absolute Gasteiger partial charge is 0.252 e. The minimum Gasteiger partial charge on any atom is -0.456 e. The van der Waals surface area contributed by atoms with Crippen LogP contribution in [0.5, 0.6) is 0 Å². The van der Waals surface area contributed by atoms with Crippen LogP contribution < -0.4 is 16.4 Å². The molecule has 0 saturated carbocycles. The van der Waals surface area contributed by atoms with Gasteiger partial charge in [0.1, 0.15) is 45.0 Å². The fourth-order valence-corrected chi connectivity index (χ4v) is 10.4. The van der Waals surface area contributed by atoms with Crippen molar-refractivity contribution in [2.75, 3.05) is 0 Å². The Kier molecular flexibility index (Phi) is 5.58. The monoisotopic (exact) mass is 720 g/mol. The molecule has 264 valence electrons. The van der Waals surface area contributed by atoms with Crippen LogP contribution in [0.1, 0.15) is 27.8 Å². The average molecular weight is 721 g/mol. The predicted molar refractivity (Wildman–Crippen MR) is 229 cm³/mol. The van der Waals surface area contributed by atoms with E-state index in [-0.39, 0.29) is 6.71 Å². The van der Waals surface area contributed by atoms with Gasteiger partial charge in [0.05, 0.1) is 21.8 Å². The molecule has 0 saturated heterocycles. The minimum atomic E-state index is -0.133. The van der Waals surface area contributed by atoms with E-state index in [2.05, 4.69) is 141 Å². The number of imidazole rings is 2. The molecule has 2 aliphatic heterocycles. The Balaban J connectivity index is 1.28. The third kappa shape index (κ3) is 3.59. The highest BCUT2D eigenvalue weighted by Gasteiger charge is 2.44. The van der Waals surface area contributed by atoms with Crippen molar-refractivity contribution in [3.05, 3.63) is 137 Å². The summed E-state index contributed by atoms with van der Waals surface area (Å²) in [5.41, 5.74) is 21.7. The summed E-state index contributed by atoms with van der Waals surface area (Å²) in [6.45, 7) is 10.9. The van der Waals surface area contributed by atoms with Crippen LogP contribution in [0.2, 0.25) is 0 Å². The van der Waals surface area contributed by atoms with Gasteiger partial charge >= 0.3 is 0 Å². The number of aryl methyl sites for hydroxylation is 5. The zero-order valence-electron chi connectivity index (χ0n) is 31.6. The molecule has 0 radical (unpaired) electrons. The van der Waals surface area contributed by atoms with E-state index < -0.39 is 0 Å². The number of fused-ring (bicyclic) bond motifs is 12. The zero-order chi connectivity index (χ0) is 37.3. The fourth-order valence-electron chi connectivity index (χ4n) is 10.4. The number of furan rings is 2. The molecule has 6 nitrogen and oxygen atoms in total. The van der Waals surface area contributed by atoms with E-state index in [1.54, 1.807) is 0 Å². The molecule has 0 atom stereocenters. The van der Waals surface area contributed by atoms with Crippen molar-refractivity contribution in [2.24, 2.45) is 0 Å². The summed E-state index contributed by atoms with van der Waals surface area (Å²) in [7, 11) is 0. The van der Waals surface area contributed by atoms with Crippen LogP contribution >= 0.6 is 0 Å². The lowest BCUT2D eigenvalue weighted by Crippen LogP contribution is -2.59. The Hall–Kier alpha value is -6.86. The van der Waals surface area contributed by atoms with Crippen LogP contribution in [-0.2, 0) is 0 Å². The summed E-state index contributed by atoms with van der Waals surface area (Å²) in [6.07, 6.45) is 0. The molecule has 7 aromatic carbocycles. The van der Waals surface area contributed by atoms with E-state index in [9.17, 15) is 0 Å². The van der Waals surface area contributed by atoms with Crippen LogP contribution in [0.25, 0.3) is 100 Å². The van der Waals surface area contributed by atoms with Crippen molar-refractivity contribution in [1.82, 2.24) is 19.1 Å². The standard InChI is InChI=1S/C49H33BN4O2/c1-24-20-33-43-34(21-24)54-47-32(23-38-42(30-17-7-9-19-36(30)56-38)45(47)52-49(54)40-27(4)14-11-15-28(40)5)50(43)31-22-37-41(29-16-6-8-18-35(29)55-37)44-46(31)53(33)48(51-44)39-25(2)12-10-13-26(39)3/h6-23H,1-5H3. The maximum Gasteiger partial charge on any atom is 0.252 e. The number of nitrogens with zero attached hydrogens (tertiary/aromatic N) is 4. The third-order valence-corrected chi connectivity index (χ3v) is 12.7. The number of hydrogen-bond donors (Lipinski definition) is 0. The van der Waals surface area contributed by atoms with Crippen LogP contribution in [0.3, 0.4) is 0 Å². The van der Waals surface area contributed by atoms with Gasteiger partial charge in [0.2, 0.25) is 0 Å². The number of hydrogen-bond acceptors (Lipinski definition) is 4. The van der Waals surface area contributed by atoms with Gasteiger partial charge in [0.25, 0.3) is 6.71 Å². The summed E-state index contributed by atoms with van der Waals surface area (Å²) < 4.78 is 18.4. The molecular weight excluding hydrogens is 687 g/mol. The first kappa shape index (κ1) is 30.5. The van der Waals surface area contributed by atoms with Crippen LogP contribution in [0, 0.1) is 34.6 Å². The van der Waals surface area contributed by atoms with Crippen molar-refractivity contribution in [3.8, 4) is 34.2 Å². The van der Waals surface area contributed by atoms with Gasteiger partial charge in [-0.25, -0.2) is 9.97 Å². The van der Waals surface area contributed by atoms with Crippen molar-refractivity contribution in [3.63, 3.8) is 0 Å². The molecule has 0 amide bonds. The summed E-state index contributed by atoms with van der Waals surface area (Å²) in [4.78, 5) is 11.4. The average Bonchev–Trinajstić information content (AvgIpc) is 3.95. The Morgan fingerprint density at radius 1 is 0.482 bits per heavy atom. The SMILES string of the molecule is Cc1cc2c3c(c1)-n1c(-c4c(C)cccc4C)nc4c5c(cc(c41)B3c1cc3oc4ccccc4c3c3nc(-c4c(C)cccc4C)n-2c13)oc1ccccc15. The normalized spacial score (nSPS) is 13.1. The first-order valence-electron chi connectivity index (χ1n) is 19.4. The highest BCUT2D eigenvalue weighted by Crippen LogP contribution is 2.44. The van der Waals surface area contributed by atoms with Crippen LogP contribution in [0.4, 0.5) is 0 Å². The molecule has 0 aliphatic carbocycles. The van der Waals surface area contributed by atoms with Crippen LogP contribution in [-0.4, -0.2) is 25.8 Å². The van der Waals surface area contributed by atoms with Gasteiger partial charge in [-0.3, -0.25) is 9.13 Å². The Morgan fingerprint density at radius 3 is 1.36 bits per heavy atom. The molecule has 2 aliphatic rings. The van der Waals surface area contributed by atoms with Gasteiger partial charge in [-0.1, -0.05) is 72.8 Å². The lowest BCUT2D eigenvalue weighted by Gasteiger charge is -2.34. The van der Waals surface area contributed by atoms with Gasteiger partial charge < -0.3 is 8.83 Å². The second-order valence-corrected chi connectivity index (χ2v) is 16.0. The van der Waals surface area contributed by atoms with E-state index in [4.69, 9.17) is 18.8 Å². The Bertz CT molecular complexity index is 3340. The maximum absolute atomic E-state index is 6.73. The van der Waals surface area contributed by atoms with Crippen molar-refractivity contribution < 1.29 is 8.83 Å². The molecule has 56 heavy (non-hydrogen) atoms. The molecule has 13 rings (SSSR count). The van der Waals surface area contributed by atoms with E-state index in [1.807, 2.05) is 12.1 Å². The predicted octanol–water partition coefficient (Wildman–Crippen LogP) is 10.2. The number of aromatic nitrogens is 4. The first-order chi connectivity index (χ1) is 27.4. The molecule has 0 bridgehead atoms. The summed E-state index contributed by atoms with van der Waals surface area (Å²) in [5, 5.41) is 4.26. The molecular formula is C49H33BN4O2. The van der Waals surface area contributed by atoms with Crippen molar-refractivity contribution in [2.45, 2.75) is 34.6 Å². The van der Waals surface area contributed by atoms with Crippen molar-refractivity contribution in [1.29, 1.82) is 0 Å². The van der Waals surface area contributed by atoms with Gasteiger partial charge in [-0.2, -0.15) is 0 Å². The van der Waals surface area contributed by atoms with E-state index >= 15 is 0 Å². The maximum atomic E-state index is 6.73. The lowest BCUT2D eigenvalue weighted by atomic mass is 9.34. The molecule has 11 aromatic rings. The van der Waals surface area contributed by atoms with Gasteiger partial charge in [-0.05, 0) is 115 Å². The minimum absolute atomic E-state index is 0.133. The number of rotatable bonds is 2. The van der Waals surface area contributed by atoms with E-state index in [0.29, 0.717) is 0 Å². The first-order valence-corrected chi connectivity index (χ1v) is 19.4. The third-order valence-electron chi connectivity index (χ3n) is 12.7. The topological polar surface area (TPSA) is 61.9 Å².